The Bertz CT molecular complexity index is 1230. The van der Waals surface area contributed by atoms with Crippen molar-refractivity contribution in [2.24, 2.45) is 0 Å². The smallest absolute Gasteiger partial charge is 0.349 e. The Kier molecular flexibility index (Phi) is 8.39. The molecule has 1 unspecified atom stereocenters. The van der Waals surface area contributed by atoms with Gasteiger partial charge in [0.1, 0.15) is 0 Å². The number of carbonyl (C=O) groups is 3. The van der Waals surface area contributed by atoms with Crippen molar-refractivity contribution in [1.29, 1.82) is 0 Å². The van der Waals surface area contributed by atoms with Crippen LogP contribution in [0.2, 0.25) is 0 Å². The fourth-order valence-electron chi connectivity index (χ4n) is 3.74. The van der Waals surface area contributed by atoms with Gasteiger partial charge in [0.2, 0.25) is 5.91 Å². The van der Waals surface area contributed by atoms with E-state index >= 15 is 0 Å². The molecular weight excluding hydrogens is 499 g/mol. The number of halogens is 3. The number of amides is 3. The van der Waals surface area contributed by atoms with E-state index in [1.165, 1.54) is 30.3 Å². The van der Waals surface area contributed by atoms with Crippen LogP contribution < -0.4 is 16.0 Å². The molecule has 3 amide bonds. The maximum Gasteiger partial charge on any atom is 0.416 e. The van der Waals surface area contributed by atoms with Gasteiger partial charge in [-0.3, -0.25) is 14.4 Å². The number of sulfone groups is 1. The van der Waals surface area contributed by atoms with Gasteiger partial charge in [-0.05, 0) is 55.3 Å². The van der Waals surface area contributed by atoms with Crippen LogP contribution in [0.1, 0.15) is 52.0 Å². The number of nitrogens with one attached hydrogen (secondary N) is 3. The molecule has 1 radical (unpaired) electrons. The Hall–Kier alpha value is -3.41. The van der Waals surface area contributed by atoms with E-state index in [0.29, 0.717) is 24.9 Å². The zero-order valence-electron chi connectivity index (χ0n) is 19.3. The molecule has 36 heavy (non-hydrogen) atoms. The Morgan fingerprint density at radius 2 is 1.67 bits per heavy atom. The van der Waals surface area contributed by atoms with E-state index in [9.17, 15) is 36.0 Å². The van der Waals surface area contributed by atoms with E-state index in [1.54, 1.807) is 0 Å². The summed E-state index contributed by atoms with van der Waals surface area (Å²) in [6.07, 6.45) is -0.869. The molecule has 0 aliphatic heterocycles. The molecule has 0 heterocycles. The Balaban J connectivity index is 1.56. The van der Waals surface area contributed by atoms with Crippen molar-refractivity contribution >= 4 is 27.6 Å². The molecular formula is C24H25F3N3O5S. The van der Waals surface area contributed by atoms with Crippen LogP contribution in [0.25, 0.3) is 0 Å². The van der Waals surface area contributed by atoms with Crippen LogP contribution in [0.3, 0.4) is 0 Å². The lowest BCUT2D eigenvalue weighted by Crippen LogP contribution is -2.50. The lowest BCUT2D eigenvalue weighted by molar-refractivity contribution is -0.137. The SMILES string of the molecule is CS(=O)(=O)c1ccc(C(=O)N[C]2CCCCC2NC(=O)CNC(=O)c2cccc(C(F)(F)F)c2)cc1. The van der Waals surface area contributed by atoms with Crippen LogP contribution in [0.5, 0.6) is 0 Å². The maximum absolute atomic E-state index is 12.9. The van der Waals surface area contributed by atoms with E-state index < -0.39 is 51.9 Å². The fourth-order valence-corrected chi connectivity index (χ4v) is 4.37. The van der Waals surface area contributed by atoms with Gasteiger partial charge < -0.3 is 16.0 Å². The average molecular weight is 525 g/mol. The molecule has 1 saturated carbocycles. The van der Waals surface area contributed by atoms with Gasteiger partial charge in [-0.15, -0.1) is 0 Å². The normalized spacial score (nSPS) is 16.7. The molecule has 0 aromatic heterocycles. The monoisotopic (exact) mass is 524 g/mol. The third-order valence-electron chi connectivity index (χ3n) is 5.63. The highest BCUT2D eigenvalue weighted by atomic mass is 32.2. The second-order valence-corrected chi connectivity index (χ2v) is 10.4. The van der Waals surface area contributed by atoms with Crippen LogP contribution in [0.4, 0.5) is 13.2 Å². The van der Waals surface area contributed by atoms with Gasteiger partial charge in [0, 0.05) is 17.4 Å². The Morgan fingerprint density at radius 1 is 0.972 bits per heavy atom. The highest BCUT2D eigenvalue weighted by molar-refractivity contribution is 7.90. The van der Waals surface area contributed by atoms with Crippen molar-refractivity contribution in [2.45, 2.75) is 42.8 Å². The first kappa shape index (κ1) is 27.2. The quantitative estimate of drug-likeness (QED) is 0.514. The summed E-state index contributed by atoms with van der Waals surface area (Å²) in [5.41, 5.74) is -0.946. The van der Waals surface area contributed by atoms with Crippen LogP contribution in [-0.4, -0.2) is 45.0 Å². The molecule has 1 aliphatic carbocycles. The van der Waals surface area contributed by atoms with Crippen molar-refractivity contribution in [3.05, 3.63) is 71.3 Å². The molecule has 2 aromatic carbocycles. The van der Waals surface area contributed by atoms with Gasteiger partial charge in [0.05, 0.1) is 29.1 Å². The summed E-state index contributed by atoms with van der Waals surface area (Å²) in [5.74, 6) is -1.84. The van der Waals surface area contributed by atoms with Gasteiger partial charge in [-0.1, -0.05) is 18.9 Å². The highest BCUT2D eigenvalue weighted by Crippen LogP contribution is 2.29. The maximum atomic E-state index is 12.9. The summed E-state index contributed by atoms with van der Waals surface area (Å²) in [6, 6.07) is 9.43. The molecule has 1 aliphatic rings. The topological polar surface area (TPSA) is 121 Å². The lowest BCUT2D eigenvalue weighted by Gasteiger charge is -2.32. The predicted molar refractivity (Wildman–Crippen MR) is 124 cm³/mol. The number of hydrogen-bond donors (Lipinski definition) is 3. The molecule has 193 valence electrons. The van der Waals surface area contributed by atoms with Crippen molar-refractivity contribution in [1.82, 2.24) is 16.0 Å². The molecule has 8 nitrogen and oxygen atoms in total. The molecule has 1 atom stereocenters. The summed E-state index contributed by atoms with van der Waals surface area (Å²) in [7, 11) is -3.40. The number of hydrogen-bond acceptors (Lipinski definition) is 5. The Labute approximate surface area is 206 Å². The number of carbonyl (C=O) groups excluding carboxylic acids is 3. The molecule has 0 saturated heterocycles. The zero-order chi connectivity index (χ0) is 26.5. The van der Waals surface area contributed by atoms with E-state index in [4.69, 9.17) is 0 Å². The predicted octanol–water partition coefficient (Wildman–Crippen LogP) is 2.86. The van der Waals surface area contributed by atoms with E-state index in [0.717, 1.165) is 31.2 Å². The summed E-state index contributed by atoms with van der Waals surface area (Å²) in [6.45, 7) is -0.459. The van der Waals surface area contributed by atoms with E-state index in [-0.39, 0.29) is 16.0 Å². The van der Waals surface area contributed by atoms with Gasteiger partial charge >= 0.3 is 6.18 Å². The molecule has 3 N–H and O–H groups in total. The first-order chi connectivity index (χ1) is 16.8. The van der Waals surface area contributed by atoms with Crippen LogP contribution in [0, 0.1) is 6.04 Å². The van der Waals surface area contributed by atoms with Crippen LogP contribution in [-0.2, 0) is 20.8 Å². The fraction of sp³-hybridized carbons (Fsp3) is 0.333. The molecule has 3 rings (SSSR count). The van der Waals surface area contributed by atoms with E-state index in [2.05, 4.69) is 16.0 Å². The third kappa shape index (κ3) is 7.30. The minimum atomic E-state index is -4.60. The van der Waals surface area contributed by atoms with Crippen molar-refractivity contribution < 1.29 is 36.0 Å². The standard InChI is InChI=1S/C24H25F3N3O5S/c1-36(34,35)18-11-9-15(10-12-18)23(33)30-20-8-3-2-7-19(20)29-21(31)14-28-22(32)16-5-4-6-17(13-16)24(25,26)27/h4-6,9-13,19H,2-3,7-8,14H2,1H3,(H,28,32)(H,29,31)(H,30,33). The van der Waals surface area contributed by atoms with Gasteiger partial charge in [0.25, 0.3) is 11.8 Å². The number of benzene rings is 2. The minimum Gasteiger partial charge on any atom is -0.349 e. The molecule has 0 spiro atoms. The molecule has 2 aromatic rings. The summed E-state index contributed by atoms with van der Waals surface area (Å²) in [4.78, 5) is 37.4. The largest absolute Gasteiger partial charge is 0.416 e. The van der Waals surface area contributed by atoms with Gasteiger partial charge in [-0.2, -0.15) is 13.2 Å². The molecule has 12 heteroatoms. The van der Waals surface area contributed by atoms with Crippen molar-refractivity contribution in [3.8, 4) is 0 Å². The van der Waals surface area contributed by atoms with Gasteiger partial charge in [-0.25, -0.2) is 8.42 Å². The second kappa shape index (κ2) is 11.1. The third-order valence-corrected chi connectivity index (χ3v) is 6.75. The van der Waals surface area contributed by atoms with Gasteiger partial charge in [0.15, 0.2) is 9.84 Å². The van der Waals surface area contributed by atoms with E-state index in [1.807, 2.05) is 0 Å². The van der Waals surface area contributed by atoms with Crippen molar-refractivity contribution in [3.63, 3.8) is 0 Å². The summed E-state index contributed by atoms with van der Waals surface area (Å²) < 4.78 is 61.7. The molecule has 1 fully saturated rings. The lowest BCUT2D eigenvalue weighted by atomic mass is 9.90. The summed E-state index contributed by atoms with van der Waals surface area (Å²) >= 11 is 0. The number of rotatable bonds is 7. The number of alkyl halides is 3. The first-order valence-electron chi connectivity index (χ1n) is 11.1. The van der Waals surface area contributed by atoms with Crippen molar-refractivity contribution in [2.75, 3.05) is 12.8 Å². The first-order valence-corrected chi connectivity index (χ1v) is 13.0. The van der Waals surface area contributed by atoms with Crippen LogP contribution >= 0.6 is 0 Å². The summed E-state index contributed by atoms with van der Waals surface area (Å²) in [5, 5.41) is 7.81. The molecule has 0 bridgehead atoms. The van der Waals surface area contributed by atoms with Crippen LogP contribution in [0.15, 0.2) is 53.4 Å². The minimum absolute atomic E-state index is 0.0849. The highest BCUT2D eigenvalue weighted by Gasteiger charge is 2.31. The average Bonchev–Trinajstić information content (AvgIpc) is 2.83. The second-order valence-electron chi connectivity index (χ2n) is 8.40. The zero-order valence-corrected chi connectivity index (χ0v) is 20.1. The Morgan fingerprint density at radius 3 is 2.31 bits per heavy atom.